The summed E-state index contributed by atoms with van der Waals surface area (Å²) in [6.07, 6.45) is 0. The van der Waals surface area contributed by atoms with Crippen molar-refractivity contribution in [3.05, 3.63) is 29.8 Å². The molecular weight excluding hydrogens is 234 g/mol. The van der Waals surface area contributed by atoms with Crippen molar-refractivity contribution in [3.63, 3.8) is 0 Å². The molecule has 0 aliphatic carbocycles. The maximum absolute atomic E-state index is 11.5. The molecule has 0 fully saturated rings. The fraction of sp³-hybridized carbons (Fsp3) is 0.462. The van der Waals surface area contributed by atoms with Crippen molar-refractivity contribution in [3.8, 4) is 5.75 Å². The lowest BCUT2D eigenvalue weighted by atomic mass is 10.2. The lowest BCUT2D eigenvalue weighted by molar-refractivity contribution is -0.126. The minimum absolute atomic E-state index is 0.0402. The van der Waals surface area contributed by atoms with Gasteiger partial charge in [0.05, 0.1) is 20.3 Å². The first-order valence-electron chi connectivity index (χ1n) is 5.73. The van der Waals surface area contributed by atoms with E-state index in [1.54, 1.807) is 14.2 Å². The Morgan fingerprint density at radius 2 is 2.00 bits per heavy atom. The van der Waals surface area contributed by atoms with Gasteiger partial charge in [-0.2, -0.15) is 0 Å². The van der Waals surface area contributed by atoms with Crippen LogP contribution < -0.4 is 10.1 Å². The second kappa shape index (κ2) is 8.49. The van der Waals surface area contributed by atoms with Crippen LogP contribution in [0.1, 0.15) is 5.56 Å². The van der Waals surface area contributed by atoms with Crippen molar-refractivity contribution in [2.75, 3.05) is 34.0 Å². The summed E-state index contributed by atoms with van der Waals surface area (Å²) in [4.78, 5) is 11.5. The Morgan fingerprint density at radius 3 is 2.72 bits per heavy atom. The van der Waals surface area contributed by atoms with Crippen molar-refractivity contribution >= 4 is 5.91 Å². The molecule has 0 atom stereocenters. The SMILES string of the molecule is COCCOCC(=O)NCc1ccccc1OC. The van der Waals surface area contributed by atoms with Gasteiger partial charge >= 0.3 is 0 Å². The molecule has 0 aliphatic rings. The fourth-order valence-electron chi connectivity index (χ4n) is 1.40. The molecule has 1 N–H and O–H groups in total. The third-order valence-electron chi connectivity index (χ3n) is 2.33. The molecule has 0 saturated heterocycles. The summed E-state index contributed by atoms with van der Waals surface area (Å²) in [6.45, 7) is 1.37. The molecule has 0 bridgehead atoms. The highest BCUT2D eigenvalue weighted by Gasteiger charge is 2.04. The Balaban J connectivity index is 2.29. The summed E-state index contributed by atoms with van der Waals surface area (Å²) >= 11 is 0. The number of carbonyl (C=O) groups excluding carboxylic acids is 1. The van der Waals surface area contributed by atoms with E-state index >= 15 is 0 Å². The summed E-state index contributed by atoms with van der Waals surface area (Å²) in [7, 11) is 3.19. The predicted octanol–water partition coefficient (Wildman–Crippen LogP) is 0.974. The van der Waals surface area contributed by atoms with Crippen molar-refractivity contribution in [2.45, 2.75) is 6.54 Å². The van der Waals surface area contributed by atoms with Gasteiger partial charge in [0.15, 0.2) is 0 Å². The van der Waals surface area contributed by atoms with Gasteiger partial charge in [-0.05, 0) is 6.07 Å². The Morgan fingerprint density at radius 1 is 1.22 bits per heavy atom. The van der Waals surface area contributed by atoms with E-state index in [-0.39, 0.29) is 12.5 Å². The number of carbonyl (C=O) groups is 1. The lowest BCUT2D eigenvalue weighted by Gasteiger charge is -2.09. The maximum atomic E-state index is 11.5. The van der Waals surface area contributed by atoms with Gasteiger partial charge in [0.2, 0.25) is 5.91 Å². The molecule has 0 radical (unpaired) electrons. The average Bonchev–Trinajstić information content (AvgIpc) is 2.41. The van der Waals surface area contributed by atoms with E-state index in [0.29, 0.717) is 19.8 Å². The molecule has 5 nitrogen and oxygen atoms in total. The molecule has 1 aromatic rings. The average molecular weight is 253 g/mol. The maximum Gasteiger partial charge on any atom is 0.246 e. The smallest absolute Gasteiger partial charge is 0.246 e. The highest BCUT2D eigenvalue weighted by Crippen LogP contribution is 2.16. The molecule has 0 aromatic heterocycles. The lowest BCUT2D eigenvalue weighted by Crippen LogP contribution is -2.27. The largest absolute Gasteiger partial charge is 0.496 e. The first-order chi connectivity index (χ1) is 8.77. The van der Waals surface area contributed by atoms with Gasteiger partial charge in [-0.25, -0.2) is 0 Å². The van der Waals surface area contributed by atoms with Crippen molar-refractivity contribution < 1.29 is 19.0 Å². The molecule has 0 heterocycles. The third-order valence-corrected chi connectivity index (χ3v) is 2.33. The molecular formula is C13H19NO4. The van der Waals surface area contributed by atoms with Gasteiger partial charge < -0.3 is 19.5 Å². The standard InChI is InChI=1S/C13H19NO4/c1-16-7-8-18-10-13(15)14-9-11-5-3-4-6-12(11)17-2/h3-6H,7-10H2,1-2H3,(H,14,15). The van der Waals surface area contributed by atoms with E-state index in [2.05, 4.69) is 5.32 Å². The summed E-state index contributed by atoms with van der Waals surface area (Å²) in [5.74, 6) is 0.607. The van der Waals surface area contributed by atoms with E-state index in [0.717, 1.165) is 11.3 Å². The van der Waals surface area contributed by atoms with Crippen LogP contribution in [0.15, 0.2) is 24.3 Å². The number of amides is 1. The predicted molar refractivity (Wildman–Crippen MR) is 67.5 cm³/mol. The molecule has 0 aliphatic heterocycles. The van der Waals surface area contributed by atoms with E-state index in [1.807, 2.05) is 24.3 Å². The second-order valence-corrected chi connectivity index (χ2v) is 3.63. The number of ether oxygens (including phenoxy) is 3. The van der Waals surface area contributed by atoms with Crippen LogP contribution >= 0.6 is 0 Å². The molecule has 1 amide bonds. The quantitative estimate of drug-likeness (QED) is 0.701. The number of methoxy groups -OCH3 is 2. The zero-order valence-electron chi connectivity index (χ0n) is 10.8. The fourth-order valence-corrected chi connectivity index (χ4v) is 1.40. The van der Waals surface area contributed by atoms with E-state index < -0.39 is 0 Å². The first-order valence-corrected chi connectivity index (χ1v) is 5.73. The normalized spacial score (nSPS) is 10.1. The Kier molecular flexibility index (Phi) is 6.83. The second-order valence-electron chi connectivity index (χ2n) is 3.63. The molecule has 0 spiro atoms. The Bertz CT molecular complexity index is 368. The van der Waals surface area contributed by atoms with E-state index in [1.165, 1.54) is 0 Å². The topological polar surface area (TPSA) is 56.8 Å². The number of rotatable bonds is 8. The van der Waals surface area contributed by atoms with Gasteiger partial charge in [0, 0.05) is 19.2 Å². The molecule has 0 saturated carbocycles. The first kappa shape index (κ1) is 14.5. The van der Waals surface area contributed by atoms with Gasteiger partial charge in [-0.15, -0.1) is 0 Å². The van der Waals surface area contributed by atoms with Crippen molar-refractivity contribution in [1.82, 2.24) is 5.32 Å². The minimum atomic E-state index is -0.156. The third kappa shape index (κ3) is 5.16. The Hall–Kier alpha value is -1.59. The number of benzene rings is 1. The van der Waals surface area contributed by atoms with Crippen LogP contribution in [0.4, 0.5) is 0 Å². The summed E-state index contributed by atoms with van der Waals surface area (Å²) < 4.78 is 15.1. The molecule has 1 aromatic carbocycles. The summed E-state index contributed by atoms with van der Waals surface area (Å²) in [5.41, 5.74) is 0.935. The van der Waals surface area contributed by atoms with Gasteiger partial charge in [-0.1, -0.05) is 18.2 Å². The van der Waals surface area contributed by atoms with Crippen LogP contribution in [0.25, 0.3) is 0 Å². The van der Waals surface area contributed by atoms with Crippen molar-refractivity contribution in [1.29, 1.82) is 0 Å². The number of nitrogens with one attached hydrogen (secondary N) is 1. The van der Waals surface area contributed by atoms with Crippen LogP contribution in [-0.2, 0) is 20.8 Å². The Labute approximate surface area is 107 Å². The zero-order chi connectivity index (χ0) is 13.2. The molecule has 100 valence electrons. The number of para-hydroxylation sites is 1. The highest BCUT2D eigenvalue weighted by molar-refractivity contribution is 5.77. The molecule has 18 heavy (non-hydrogen) atoms. The molecule has 5 heteroatoms. The highest BCUT2D eigenvalue weighted by atomic mass is 16.5. The monoisotopic (exact) mass is 253 g/mol. The van der Waals surface area contributed by atoms with E-state index in [9.17, 15) is 4.79 Å². The van der Waals surface area contributed by atoms with Gasteiger partial charge in [0.25, 0.3) is 0 Å². The van der Waals surface area contributed by atoms with Crippen LogP contribution in [0, 0.1) is 0 Å². The van der Waals surface area contributed by atoms with Crippen LogP contribution in [-0.4, -0.2) is 39.9 Å². The van der Waals surface area contributed by atoms with Gasteiger partial charge in [0.1, 0.15) is 12.4 Å². The summed E-state index contributed by atoms with van der Waals surface area (Å²) in [6, 6.07) is 7.55. The van der Waals surface area contributed by atoms with Crippen molar-refractivity contribution in [2.24, 2.45) is 0 Å². The zero-order valence-corrected chi connectivity index (χ0v) is 10.8. The molecule has 0 unspecified atom stereocenters. The van der Waals surface area contributed by atoms with E-state index in [4.69, 9.17) is 14.2 Å². The van der Waals surface area contributed by atoms with Gasteiger partial charge in [-0.3, -0.25) is 4.79 Å². The van der Waals surface area contributed by atoms with Crippen LogP contribution in [0.2, 0.25) is 0 Å². The summed E-state index contributed by atoms with van der Waals surface area (Å²) in [5, 5.41) is 2.77. The van der Waals surface area contributed by atoms with Crippen LogP contribution in [0.3, 0.4) is 0 Å². The molecule has 1 rings (SSSR count). The minimum Gasteiger partial charge on any atom is -0.496 e. The number of hydrogen-bond acceptors (Lipinski definition) is 4. The van der Waals surface area contributed by atoms with Crippen LogP contribution in [0.5, 0.6) is 5.75 Å². The number of hydrogen-bond donors (Lipinski definition) is 1.